The average Bonchev–Trinajstić information content (AvgIpc) is 2.82. The van der Waals surface area contributed by atoms with E-state index in [1.807, 2.05) is 0 Å². The molecule has 1 heterocycles. The SMILES string of the molecule is Cc1c(C(=O)NCC(=O)O)cccc1N1CCNC1=O. The fraction of sp³-hybridized carbons (Fsp3) is 0.308. The molecule has 3 N–H and O–H groups in total. The van der Waals surface area contributed by atoms with E-state index < -0.39 is 18.4 Å². The van der Waals surface area contributed by atoms with Crippen LogP contribution < -0.4 is 15.5 Å². The molecule has 0 unspecified atom stereocenters. The molecule has 1 aromatic carbocycles. The molecule has 1 fully saturated rings. The molecule has 2 rings (SSSR count). The first kappa shape index (κ1) is 13.9. The molecule has 0 bridgehead atoms. The van der Waals surface area contributed by atoms with Crippen molar-refractivity contribution in [3.63, 3.8) is 0 Å². The van der Waals surface area contributed by atoms with Crippen LogP contribution in [0.5, 0.6) is 0 Å². The van der Waals surface area contributed by atoms with Gasteiger partial charge < -0.3 is 15.7 Å². The second-order valence-corrected chi connectivity index (χ2v) is 4.41. The third-order valence-electron chi connectivity index (χ3n) is 3.10. The number of benzene rings is 1. The Kier molecular flexibility index (Phi) is 3.88. The molecule has 0 aromatic heterocycles. The highest BCUT2D eigenvalue weighted by Crippen LogP contribution is 2.24. The zero-order valence-electron chi connectivity index (χ0n) is 11.0. The summed E-state index contributed by atoms with van der Waals surface area (Å²) < 4.78 is 0. The quantitative estimate of drug-likeness (QED) is 0.739. The number of nitrogens with zero attached hydrogens (tertiary/aromatic N) is 1. The highest BCUT2D eigenvalue weighted by Gasteiger charge is 2.24. The molecule has 1 aliphatic heterocycles. The summed E-state index contributed by atoms with van der Waals surface area (Å²) in [5.41, 5.74) is 1.67. The zero-order chi connectivity index (χ0) is 14.7. The molecule has 1 aliphatic rings. The van der Waals surface area contributed by atoms with E-state index in [4.69, 9.17) is 5.11 Å². The number of aliphatic carboxylic acids is 1. The van der Waals surface area contributed by atoms with Crippen molar-refractivity contribution in [1.29, 1.82) is 0 Å². The lowest BCUT2D eigenvalue weighted by molar-refractivity contribution is -0.135. The molecule has 20 heavy (non-hydrogen) atoms. The minimum Gasteiger partial charge on any atom is -0.480 e. The highest BCUT2D eigenvalue weighted by atomic mass is 16.4. The third kappa shape index (κ3) is 2.71. The van der Waals surface area contributed by atoms with E-state index in [1.54, 1.807) is 30.0 Å². The first-order valence-corrected chi connectivity index (χ1v) is 6.15. The van der Waals surface area contributed by atoms with Gasteiger partial charge in [-0.3, -0.25) is 14.5 Å². The van der Waals surface area contributed by atoms with Gasteiger partial charge in [0.15, 0.2) is 0 Å². The molecule has 106 valence electrons. The number of anilines is 1. The molecule has 7 heteroatoms. The lowest BCUT2D eigenvalue weighted by Gasteiger charge is -2.18. The smallest absolute Gasteiger partial charge is 0.322 e. The molecule has 1 saturated heterocycles. The summed E-state index contributed by atoms with van der Waals surface area (Å²) in [4.78, 5) is 35.6. The van der Waals surface area contributed by atoms with Crippen LogP contribution in [-0.4, -0.2) is 42.6 Å². The van der Waals surface area contributed by atoms with Crippen molar-refractivity contribution >= 4 is 23.6 Å². The summed E-state index contributed by atoms with van der Waals surface area (Å²) in [6, 6.07) is 4.83. The first-order chi connectivity index (χ1) is 9.50. The van der Waals surface area contributed by atoms with E-state index >= 15 is 0 Å². The summed E-state index contributed by atoms with van der Waals surface area (Å²) in [5, 5.41) is 13.6. The maximum Gasteiger partial charge on any atom is 0.322 e. The highest BCUT2D eigenvalue weighted by molar-refractivity contribution is 6.01. The summed E-state index contributed by atoms with van der Waals surface area (Å²) in [7, 11) is 0. The number of carbonyl (C=O) groups is 3. The Morgan fingerprint density at radius 2 is 2.20 bits per heavy atom. The van der Waals surface area contributed by atoms with Crippen molar-refractivity contribution in [1.82, 2.24) is 10.6 Å². The molecule has 0 atom stereocenters. The van der Waals surface area contributed by atoms with E-state index in [2.05, 4.69) is 10.6 Å². The van der Waals surface area contributed by atoms with Gasteiger partial charge in [0.2, 0.25) is 0 Å². The minimum absolute atomic E-state index is 0.198. The van der Waals surface area contributed by atoms with Gasteiger partial charge in [0.1, 0.15) is 6.54 Å². The average molecular weight is 277 g/mol. The largest absolute Gasteiger partial charge is 0.480 e. The van der Waals surface area contributed by atoms with Crippen LogP contribution in [0.3, 0.4) is 0 Å². The predicted octanol–water partition coefficient (Wildman–Crippen LogP) is 0.339. The Hall–Kier alpha value is -2.57. The van der Waals surface area contributed by atoms with Crippen molar-refractivity contribution in [2.24, 2.45) is 0 Å². The van der Waals surface area contributed by atoms with Crippen LogP contribution in [0.1, 0.15) is 15.9 Å². The standard InChI is InChI=1S/C13H15N3O4/c1-8-9(12(19)15-7-11(17)18)3-2-4-10(8)16-6-5-14-13(16)20/h2-4H,5-7H2,1H3,(H,14,20)(H,15,19)(H,17,18). The summed E-state index contributed by atoms with van der Waals surface area (Å²) in [6.45, 7) is 2.40. The molecule has 0 saturated carbocycles. The fourth-order valence-electron chi connectivity index (χ4n) is 2.11. The van der Waals surface area contributed by atoms with E-state index in [1.165, 1.54) is 0 Å². The normalized spacial score (nSPS) is 14.1. The van der Waals surface area contributed by atoms with E-state index in [0.717, 1.165) is 0 Å². The maximum atomic E-state index is 11.9. The van der Waals surface area contributed by atoms with Crippen molar-refractivity contribution in [2.75, 3.05) is 24.5 Å². The van der Waals surface area contributed by atoms with Crippen LogP contribution >= 0.6 is 0 Å². The van der Waals surface area contributed by atoms with Gasteiger partial charge >= 0.3 is 12.0 Å². The van der Waals surface area contributed by atoms with Crippen LogP contribution in [0.2, 0.25) is 0 Å². The molecule has 7 nitrogen and oxygen atoms in total. The Morgan fingerprint density at radius 3 is 2.80 bits per heavy atom. The molecule has 0 spiro atoms. The number of nitrogens with one attached hydrogen (secondary N) is 2. The molecule has 1 aromatic rings. The van der Waals surface area contributed by atoms with Crippen molar-refractivity contribution in [3.05, 3.63) is 29.3 Å². The number of carbonyl (C=O) groups excluding carboxylic acids is 2. The van der Waals surface area contributed by atoms with E-state index in [0.29, 0.717) is 29.9 Å². The van der Waals surface area contributed by atoms with Crippen molar-refractivity contribution in [3.8, 4) is 0 Å². The van der Waals surface area contributed by atoms with Gasteiger partial charge in [0.05, 0.1) is 0 Å². The van der Waals surface area contributed by atoms with Crippen LogP contribution in [0.15, 0.2) is 18.2 Å². The summed E-state index contributed by atoms with van der Waals surface area (Å²) >= 11 is 0. The van der Waals surface area contributed by atoms with Gasteiger partial charge in [-0.25, -0.2) is 4.79 Å². The molecule has 3 amide bonds. The van der Waals surface area contributed by atoms with Gasteiger partial charge in [-0.15, -0.1) is 0 Å². The third-order valence-corrected chi connectivity index (χ3v) is 3.10. The number of hydrogen-bond donors (Lipinski definition) is 3. The second kappa shape index (κ2) is 5.60. The Balaban J connectivity index is 2.25. The van der Waals surface area contributed by atoms with Gasteiger partial charge in [-0.2, -0.15) is 0 Å². The van der Waals surface area contributed by atoms with Crippen LogP contribution in [0.4, 0.5) is 10.5 Å². The predicted molar refractivity (Wildman–Crippen MR) is 71.9 cm³/mol. The Labute approximate surface area is 115 Å². The van der Waals surface area contributed by atoms with Gasteiger partial charge in [0.25, 0.3) is 5.91 Å². The number of rotatable bonds is 4. The van der Waals surface area contributed by atoms with Gasteiger partial charge in [-0.05, 0) is 24.6 Å². The fourth-order valence-corrected chi connectivity index (χ4v) is 2.11. The van der Waals surface area contributed by atoms with Gasteiger partial charge in [-0.1, -0.05) is 6.07 Å². The number of carboxylic acid groups (broad SMARTS) is 1. The molecular weight excluding hydrogens is 262 g/mol. The van der Waals surface area contributed by atoms with Gasteiger partial charge in [0, 0.05) is 24.3 Å². The first-order valence-electron chi connectivity index (χ1n) is 6.15. The zero-order valence-corrected chi connectivity index (χ0v) is 11.0. The topological polar surface area (TPSA) is 98.7 Å². The summed E-state index contributed by atoms with van der Waals surface area (Å²) in [6.07, 6.45) is 0. The summed E-state index contributed by atoms with van der Waals surface area (Å²) in [5.74, 6) is -1.57. The Morgan fingerprint density at radius 1 is 1.45 bits per heavy atom. The molecule has 0 radical (unpaired) electrons. The second-order valence-electron chi connectivity index (χ2n) is 4.41. The molecular formula is C13H15N3O4. The maximum absolute atomic E-state index is 11.9. The Bertz CT molecular complexity index is 571. The van der Waals surface area contributed by atoms with Crippen LogP contribution in [0, 0.1) is 6.92 Å². The lowest BCUT2D eigenvalue weighted by atomic mass is 10.1. The van der Waals surface area contributed by atoms with E-state index in [-0.39, 0.29) is 6.03 Å². The number of hydrogen-bond acceptors (Lipinski definition) is 3. The number of amides is 3. The van der Waals surface area contributed by atoms with Crippen molar-refractivity contribution in [2.45, 2.75) is 6.92 Å². The minimum atomic E-state index is -1.11. The monoisotopic (exact) mass is 277 g/mol. The van der Waals surface area contributed by atoms with E-state index in [9.17, 15) is 14.4 Å². The van der Waals surface area contributed by atoms with Crippen molar-refractivity contribution < 1.29 is 19.5 Å². The number of carboxylic acids is 1. The van der Waals surface area contributed by atoms with Crippen LogP contribution in [-0.2, 0) is 4.79 Å². The number of urea groups is 1. The molecule has 0 aliphatic carbocycles. The lowest BCUT2D eigenvalue weighted by Crippen LogP contribution is -2.31. The van der Waals surface area contributed by atoms with Crippen LogP contribution in [0.25, 0.3) is 0 Å².